The van der Waals surface area contributed by atoms with E-state index in [4.69, 9.17) is 5.11 Å². The van der Waals surface area contributed by atoms with Crippen molar-refractivity contribution in [2.75, 3.05) is 6.54 Å². The molecular formula is C12H13F3N2O2. The maximum Gasteiger partial charge on any atom is 0.404 e. The van der Waals surface area contributed by atoms with E-state index in [0.717, 1.165) is 0 Å². The Kier molecular flexibility index (Phi) is 3.75. The summed E-state index contributed by atoms with van der Waals surface area (Å²) < 4.78 is 38.3. The first-order valence-corrected chi connectivity index (χ1v) is 5.88. The number of nitrogens with zero attached hydrogens (tertiary/aromatic N) is 2. The Morgan fingerprint density at radius 3 is 2.84 bits per heavy atom. The van der Waals surface area contributed by atoms with Crippen molar-refractivity contribution in [2.24, 2.45) is 0 Å². The van der Waals surface area contributed by atoms with Gasteiger partial charge in [-0.25, -0.2) is 9.78 Å². The SMILES string of the molecule is O=C(O)c1cccc(CN2CCCC2C(F)(F)F)n1. The Balaban J connectivity index is 2.12. The van der Waals surface area contributed by atoms with Gasteiger partial charge in [0.2, 0.25) is 0 Å². The molecule has 19 heavy (non-hydrogen) atoms. The summed E-state index contributed by atoms with van der Waals surface area (Å²) in [5, 5.41) is 8.80. The van der Waals surface area contributed by atoms with Crippen LogP contribution in [0.25, 0.3) is 0 Å². The van der Waals surface area contributed by atoms with Crippen molar-refractivity contribution in [3.05, 3.63) is 29.6 Å². The van der Waals surface area contributed by atoms with Gasteiger partial charge in [-0.2, -0.15) is 13.2 Å². The van der Waals surface area contributed by atoms with Gasteiger partial charge in [-0.15, -0.1) is 0 Å². The first kappa shape index (κ1) is 13.8. The summed E-state index contributed by atoms with van der Waals surface area (Å²) in [6.45, 7) is 0.369. The highest BCUT2D eigenvalue weighted by Crippen LogP contribution is 2.33. The van der Waals surface area contributed by atoms with Crippen LogP contribution in [0.15, 0.2) is 18.2 Å². The van der Waals surface area contributed by atoms with E-state index in [2.05, 4.69) is 4.98 Å². The Hall–Kier alpha value is -1.63. The first-order chi connectivity index (χ1) is 8.88. The lowest BCUT2D eigenvalue weighted by molar-refractivity contribution is -0.177. The third-order valence-electron chi connectivity index (χ3n) is 3.13. The van der Waals surface area contributed by atoms with Gasteiger partial charge in [-0.1, -0.05) is 6.07 Å². The van der Waals surface area contributed by atoms with Crippen molar-refractivity contribution in [1.29, 1.82) is 0 Å². The van der Waals surface area contributed by atoms with Gasteiger partial charge in [0.1, 0.15) is 11.7 Å². The second-order valence-electron chi connectivity index (χ2n) is 4.49. The summed E-state index contributed by atoms with van der Waals surface area (Å²) >= 11 is 0. The maximum absolute atomic E-state index is 12.8. The molecule has 4 nitrogen and oxygen atoms in total. The molecule has 1 N–H and O–H groups in total. The van der Waals surface area contributed by atoms with Crippen molar-refractivity contribution in [3.63, 3.8) is 0 Å². The van der Waals surface area contributed by atoms with Crippen LogP contribution in [0.5, 0.6) is 0 Å². The molecule has 1 atom stereocenters. The molecule has 0 bridgehead atoms. The topological polar surface area (TPSA) is 53.4 Å². The predicted octanol–water partition coefficient (Wildman–Crippen LogP) is 2.31. The molecule has 0 aliphatic carbocycles. The van der Waals surface area contributed by atoms with Crippen molar-refractivity contribution in [1.82, 2.24) is 9.88 Å². The van der Waals surface area contributed by atoms with E-state index >= 15 is 0 Å². The van der Waals surface area contributed by atoms with Crippen LogP contribution in [0.2, 0.25) is 0 Å². The molecule has 2 rings (SSSR count). The van der Waals surface area contributed by atoms with Crippen molar-refractivity contribution < 1.29 is 23.1 Å². The lowest BCUT2D eigenvalue weighted by atomic mass is 10.2. The molecular weight excluding hydrogens is 261 g/mol. The van der Waals surface area contributed by atoms with Crippen LogP contribution >= 0.6 is 0 Å². The van der Waals surface area contributed by atoms with Crippen molar-refractivity contribution >= 4 is 5.97 Å². The van der Waals surface area contributed by atoms with E-state index in [9.17, 15) is 18.0 Å². The van der Waals surface area contributed by atoms with Gasteiger partial charge in [0.15, 0.2) is 0 Å². The Bertz CT molecular complexity index is 476. The monoisotopic (exact) mass is 274 g/mol. The van der Waals surface area contributed by atoms with Crippen LogP contribution in [0.4, 0.5) is 13.2 Å². The normalized spacial score (nSPS) is 20.7. The minimum absolute atomic E-state index is 0.0191. The molecule has 7 heteroatoms. The maximum atomic E-state index is 12.8. The van der Waals surface area contributed by atoms with Crippen LogP contribution in [0.3, 0.4) is 0 Å². The number of likely N-dealkylation sites (tertiary alicyclic amines) is 1. The zero-order valence-electron chi connectivity index (χ0n) is 10.0. The summed E-state index contributed by atoms with van der Waals surface area (Å²) in [6, 6.07) is 2.89. The molecule has 1 aliphatic rings. The molecule has 104 valence electrons. The fourth-order valence-electron chi connectivity index (χ4n) is 2.28. The Labute approximate surface area is 107 Å². The lowest BCUT2D eigenvalue weighted by Gasteiger charge is -2.26. The number of hydrogen-bond donors (Lipinski definition) is 1. The zero-order valence-corrected chi connectivity index (χ0v) is 10.0. The lowest BCUT2D eigenvalue weighted by Crippen LogP contribution is -2.40. The van der Waals surface area contributed by atoms with Crippen LogP contribution in [-0.4, -0.2) is 39.7 Å². The number of hydrogen-bond acceptors (Lipinski definition) is 3. The smallest absolute Gasteiger partial charge is 0.404 e. The number of rotatable bonds is 3. The third kappa shape index (κ3) is 3.23. The number of carboxylic acid groups (broad SMARTS) is 1. The van der Waals surface area contributed by atoms with Crippen LogP contribution < -0.4 is 0 Å². The highest BCUT2D eigenvalue weighted by atomic mass is 19.4. The van der Waals surface area contributed by atoms with Gasteiger partial charge in [0, 0.05) is 6.54 Å². The fraction of sp³-hybridized carbons (Fsp3) is 0.500. The number of halogens is 3. The van der Waals surface area contributed by atoms with Gasteiger partial charge < -0.3 is 5.11 Å². The van der Waals surface area contributed by atoms with Gasteiger partial charge in [0.05, 0.1) is 5.69 Å². The second kappa shape index (κ2) is 5.16. The van der Waals surface area contributed by atoms with Crippen molar-refractivity contribution in [2.45, 2.75) is 31.6 Å². The summed E-state index contributed by atoms with van der Waals surface area (Å²) in [5.74, 6) is -1.18. The molecule has 0 spiro atoms. The van der Waals surface area contributed by atoms with E-state index in [1.807, 2.05) is 0 Å². The predicted molar refractivity (Wildman–Crippen MR) is 60.7 cm³/mol. The first-order valence-electron chi connectivity index (χ1n) is 5.88. The minimum Gasteiger partial charge on any atom is -0.477 e. The number of aromatic nitrogens is 1. The van der Waals surface area contributed by atoms with E-state index in [0.29, 0.717) is 18.7 Å². The van der Waals surface area contributed by atoms with E-state index < -0.39 is 18.2 Å². The third-order valence-corrected chi connectivity index (χ3v) is 3.13. The summed E-state index contributed by atoms with van der Waals surface area (Å²) in [5.41, 5.74) is 0.191. The molecule has 2 heterocycles. The van der Waals surface area contributed by atoms with E-state index in [-0.39, 0.29) is 18.7 Å². The number of carboxylic acids is 1. The number of pyridine rings is 1. The molecule has 1 fully saturated rings. The van der Waals surface area contributed by atoms with E-state index in [1.165, 1.54) is 23.1 Å². The molecule has 1 aromatic heterocycles. The molecule has 1 aliphatic heterocycles. The van der Waals surface area contributed by atoms with Crippen molar-refractivity contribution in [3.8, 4) is 0 Å². The molecule has 0 aromatic carbocycles. The quantitative estimate of drug-likeness (QED) is 0.919. The van der Waals surface area contributed by atoms with Gasteiger partial charge in [-0.3, -0.25) is 4.90 Å². The summed E-state index contributed by atoms with van der Waals surface area (Å²) in [6.07, 6.45) is -3.67. The molecule has 0 amide bonds. The molecule has 0 radical (unpaired) electrons. The standard InChI is InChI=1S/C12H13F3N2O2/c13-12(14,15)10-5-2-6-17(10)7-8-3-1-4-9(16-8)11(18)19/h1,3-4,10H,2,5-7H2,(H,18,19). The van der Waals surface area contributed by atoms with Crippen LogP contribution in [-0.2, 0) is 6.54 Å². The Morgan fingerprint density at radius 2 is 2.21 bits per heavy atom. The largest absolute Gasteiger partial charge is 0.477 e. The molecule has 0 saturated carbocycles. The number of aromatic carboxylic acids is 1. The second-order valence-corrected chi connectivity index (χ2v) is 4.49. The molecule has 1 unspecified atom stereocenters. The fourth-order valence-corrected chi connectivity index (χ4v) is 2.28. The van der Waals surface area contributed by atoms with Crippen LogP contribution in [0.1, 0.15) is 29.0 Å². The summed E-state index contributed by atoms with van der Waals surface area (Å²) in [4.78, 5) is 15.9. The van der Waals surface area contributed by atoms with Gasteiger partial charge in [-0.05, 0) is 31.5 Å². The van der Waals surface area contributed by atoms with E-state index in [1.54, 1.807) is 0 Å². The Morgan fingerprint density at radius 1 is 1.47 bits per heavy atom. The van der Waals surface area contributed by atoms with Crippen LogP contribution in [0, 0.1) is 0 Å². The van der Waals surface area contributed by atoms with Gasteiger partial charge >= 0.3 is 12.1 Å². The highest BCUT2D eigenvalue weighted by molar-refractivity contribution is 5.85. The number of alkyl halides is 3. The average Bonchev–Trinajstić information content (AvgIpc) is 2.77. The zero-order chi connectivity index (χ0) is 14.0. The number of carbonyl (C=O) groups is 1. The highest BCUT2D eigenvalue weighted by Gasteiger charge is 2.45. The van der Waals surface area contributed by atoms with Gasteiger partial charge in [0.25, 0.3) is 0 Å². The average molecular weight is 274 g/mol. The molecule has 1 saturated heterocycles. The molecule has 1 aromatic rings. The summed E-state index contributed by atoms with van der Waals surface area (Å²) in [7, 11) is 0. The minimum atomic E-state index is -4.25.